The summed E-state index contributed by atoms with van der Waals surface area (Å²) in [4.78, 5) is 4.21. The van der Waals surface area contributed by atoms with Crippen molar-refractivity contribution in [2.75, 3.05) is 20.3 Å². The molecule has 0 aromatic carbocycles. The molecule has 20 heteroatoms. The van der Waals surface area contributed by atoms with E-state index in [1.165, 1.54) is 6.92 Å². The number of ether oxygens (including phenoxy) is 4. The van der Waals surface area contributed by atoms with Crippen molar-refractivity contribution in [2.45, 2.75) is 62.2 Å². The number of aliphatic hydroxyl groups is 3. The van der Waals surface area contributed by atoms with Gasteiger partial charge in [0.15, 0.2) is 18.7 Å². The highest BCUT2D eigenvalue weighted by Gasteiger charge is 2.52. The van der Waals surface area contributed by atoms with Gasteiger partial charge in [0.25, 0.3) is 0 Å². The standard InChI is InChI=1S/C14H26O18S2/c1-5-8(16)6(3-15)27-14(10(5)30-33(19,20)21)29-11-7(4-26-32-18)28-13(25-2)12(9(11)17)31-34(22,23)24/h5-18H,3-4H2,1-2H3,(H,19,20,21)(H,22,23,24)/p-3/t5-,6?,7?,8+,9-,10?,11-,12?,13+,14-/m0/s1. The molecule has 0 bridgehead atoms. The van der Waals surface area contributed by atoms with Crippen LogP contribution in [0.2, 0.25) is 0 Å². The van der Waals surface area contributed by atoms with E-state index in [9.17, 15) is 46.5 Å². The topological polar surface area (TPSA) is 272 Å². The van der Waals surface area contributed by atoms with Crippen LogP contribution in [0, 0.1) is 5.92 Å². The van der Waals surface area contributed by atoms with Crippen LogP contribution in [0.4, 0.5) is 0 Å². The molecule has 0 amide bonds. The summed E-state index contributed by atoms with van der Waals surface area (Å²) in [7, 11) is -9.83. The zero-order valence-corrected chi connectivity index (χ0v) is 19.1. The minimum Gasteiger partial charge on any atom is -0.726 e. The summed E-state index contributed by atoms with van der Waals surface area (Å²) in [5, 5.41) is 43.8. The predicted molar refractivity (Wildman–Crippen MR) is 93.6 cm³/mol. The summed E-state index contributed by atoms with van der Waals surface area (Å²) in [6.45, 7) is -0.353. The lowest BCUT2D eigenvalue weighted by Gasteiger charge is -2.47. The van der Waals surface area contributed by atoms with Crippen molar-refractivity contribution in [2.24, 2.45) is 5.92 Å². The first-order valence-electron chi connectivity index (χ1n) is 9.38. The van der Waals surface area contributed by atoms with Gasteiger partial charge in [0.1, 0.15) is 37.1 Å². The molecule has 0 spiro atoms. The van der Waals surface area contributed by atoms with E-state index in [1.54, 1.807) is 0 Å². The SMILES string of the molecule is CO[C@@H]1OC(COO[O-])[C@H](O[C@@H]2OC(CO)[C@H](O)[C@H](C)C2OS(=O)(=O)[O-])[C@H](O)C1OS(=O)(=O)[O-]. The number of aliphatic hydroxyl groups excluding tert-OH is 3. The number of methoxy groups -OCH3 is 1. The minimum absolute atomic E-state index is 0.790. The van der Waals surface area contributed by atoms with Gasteiger partial charge >= 0.3 is 0 Å². The van der Waals surface area contributed by atoms with Crippen LogP contribution < -0.4 is 5.26 Å². The summed E-state index contributed by atoms with van der Waals surface area (Å²) < 4.78 is 96.4. The highest BCUT2D eigenvalue weighted by molar-refractivity contribution is 7.81. The Morgan fingerprint density at radius 1 is 0.882 bits per heavy atom. The zero-order chi connectivity index (χ0) is 25.8. The van der Waals surface area contributed by atoms with E-state index in [0.29, 0.717) is 0 Å². The first-order valence-corrected chi connectivity index (χ1v) is 12.0. The van der Waals surface area contributed by atoms with Gasteiger partial charge in [-0.2, -0.15) is 0 Å². The Balaban J connectivity index is 2.40. The van der Waals surface area contributed by atoms with E-state index >= 15 is 0 Å². The van der Waals surface area contributed by atoms with Crippen molar-refractivity contribution in [1.29, 1.82) is 0 Å². The zero-order valence-electron chi connectivity index (χ0n) is 17.5. The molecule has 0 radical (unpaired) electrons. The Labute approximate surface area is 193 Å². The molecule has 2 aliphatic heterocycles. The fourth-order valence-corrected chi connectivity index (χ4v) is 4.53. The molecule has 34 heavy (non-hydrogen) atoms. The fourth-order valence-electron chi connectivity index (χ4n) is 3.52. The van der Waals surface area contributed by atoms with Gasteiger partial charge in [-0.15, -0.1) is 0 Å². The van der Waals surface area contributed by atoms with E-state index in [4.69, 9.17) is 18.9 Å². The van der Waals surface area contributed by atoms with Gasteiger partial charge in [0.05, 0.1) is 12.7 Å². The minimum atomic E-state index is -5.43. The lowest BCUT2D eigenvalue weighted by molar-refractivity contribution is -0.801. The van der Waals surface area contributed by atoms with Gasteiger partial charge in [-0.3, -0.25) is 13.4 Å². The monoisotopic (exact) mass is 543 g/mol. The number of hydrogen-bond acceptors (Lipinski definition) is 18. The third-order valence-corrected chi connectivity index (χ3v) is 5.99. The molecule has 0 aromatic rings. The van der Waals surface area contributed by atoms with Crippen molar-refractivity contribution in [3.63, 3.8) is 0 Å². The highest BCUT2D eigenvalue weighted by atomic mass is 32.3. The van der Waals surface area contributed by atoms with Gasteiger partial charge < -0.3 is 48.6 Å². The number of rotatable bonds is 11. The Morgan fingerprint density at radius 2 is 1.44 bits per heavy atom. The van der Waals surface area contributed by atoms with Crippen LogP contribution in [0.15, 0.2) is 0 Å². The molecule has 202 valence electrons. The van der Waals surface area contributed by atoms with E-state index in [-0.39, 0.29) is 0 Å². The molecule has 0 aliphatic carbocycles. The van der Waals surface area contributed by atoms with Gasteiger partial charge in [-0.25, -0.2) is 21.7 Å². The summed E-state index contributed by atoms with van der Waals surface area (Å²) in [5.41, 5.74) is 0. The van der Waals surface area contributed by atoms with Crippen molar-refractivity contribution in [3.8, 4) is 0 Å². The maximum Gasteiger partial charge on any atom is 0.218 e. The van der Waals surface area contributed by atoms with Crippen molar-refractivity contribution in [1.82, 2.24) is 0 Å². The Morgan fingerprint density at radius 3 is 1.94 bits per heavy atom. The lowest BCUT2D eigenvalue weighted by Crippen LogP contribution is -2.64. The summed E-state index contributed by atoms with van der Waals surface area (Å²) in [5.74, 6) is -1.21. The maximum absolute atomic E-state index is 11.2. The maximum atomic E-state index is 11.2. The molecular formula is C14H23O18S2-3. The average Bonchev–Trinajstić information content (AvgIpc) is 2.73. The van der Waals surface area contributed by atoms with Crippen molar-refractivity contribution < 1.29 is 83.8 Å². The van der Waals surface area contributed by atoms with Gasteiger partial charge in [-0.05, 0) is 0 Å². The molecule has 0 saturated carbocycles. The van der Waals surface area contributed by atoms with Gasteiger partial charge in [0.2, 0.25) is 20.8 Å². The molecule has 18 nitrogen and oxygen atoms in total. The second-order valence-corrected chi connectivity index (χ2v) is 9.25. The fraction of sp³-hybridized carbons (Fsp3) is 1.00. The van der Waals surface area contributed by atoms with Crippen LogP contribution in [0.1, 0.15) is 6.92 Å². The highest BCUT2D eigenvalue weighted by Crippen LogP contribution is 2.34. The molecule has 0 aromatic heterocycles. The second-order valence-electron chi connectivity index (χ2n) is 7.24. The molecule has 2 rings (SSSR count). The van der Waals surface area contributed by atoms with Gasteiger partial charge in [-0.1, -0.05) is 6.92 Å². The van der Waals surface area contributed by atoms with Crippen molar-refractivity contribution >= 4 is 20.8 Å². The summed E-state index contributed by atoms with van der Waals surface area (Å²) >= 11 is 0. The third-order valence-electron chi connectivity index (χ3n) is 5.07. The lowest BCUT2D eigenvalue weighted by atomic mass is 9.90. The van der Waals surface area contributed by atoms with E-state index in [2.05, 4.69) is 18.3 Å². The molecule has 2 saturated heterocycles. The van der Waals surface area contributed by atoms with Gasteiger partial charge in [0, 0.05) is 13.0 Å². The predicted octanol–water partition coefficient (Wildman–Crippen LogP) is -5.27. The smallest absolute Gasteiger partial charge is 0.218 e. The number of hydrogen-bond donors (Lipinski definition) is 3. The van der Waals surface area contributed by atoms with Crippen LogP contribution in [-0.2, 0) is 58.0 Å². The van der Waals surface area contributed by atoms with Crippen LogP contribution in [-0.4, -0.2) is 117 Å². The summed E-state index contributed by atoms with van der Waals surface area (Å²) in [6, 6.07) is 0. The molecular weight excluding hydrogens is 520 g/mol. The average molecular weight is 543 g/mol. The molecule has 10 atom stereocenters. The van der Waals surface area contributed by atoms with Crippen LogP contribution >= 0.6 is 0 Å². The van der Waals surface area contributed by atoms with E-state index in [0.717, 1.165) is 7.11 Å². The molecule has 2 aliphatic rings. The van der Waals surface area contributed by atoms with Crippen LogP contribution in [0.5, 0.6) is 0 Å². The molecule has 4 unspecified atom stereocenters. The van der Waals surface area contributed by atoms with E-state index in [1.807, 2.05) is 0 Å². The molecule has 2 fully saturated rings. The Bertz CT molecular complexity index is 849. The van der Waals surface area contributed by atoms with Crippen LogP contribution in [0.3, 0.4) is 0 Å². The van der Waals surface area contributed by atoms with E-state index < -0.39 is 95.2 Å². The summed E-state index contributed by atoms with van der Waals surface area (Å²) in [6.07, 6.45) is -15.9. The Kier molecular flexibility index (Phi) is 10.5. The molecule has 2 heterocycles. The third kappa shape index (κ3) is 7.67. The molecule has 3 N–H and O–H groups in total. The van der Waals surface area contributed by atoms with Crippen LogP contribution in [0.25, 0.3) is 0 Å². The second kappa shape index (κ2) is 12.1. The first kappa shape index (κ1) is 29.6. The first-order chi connectivity index (χ1) is 15.7. The Hall–Kier alpha value is -0.660. The van der Waals surface area contributed by atoms with Crippen molar-refractivity contribution in [3.05, 3.63) is 0 Å². The largest absolute Gasteiger partial charge is 0.726 e. The quantitative estimate of drug-likeness (QED) is 0.0949. The normalized spacial score (nSPS) is 39.8.